The average Bonchev–Trinajstić information content (AvgIpc) is 2.64. The summed E-state index contributed by atoms with van der Waals surface area (Å²) >= 11 is 7.73. The molecule has 0 saturated heterocycles. The summed E-state index contributed by atoms with van der Waals surface area (Å²) in [4.78, 5) is 8.57. The quantitative estimate of drug-likeness (QED) is 0.621. The highest BCUT2D eigenvalue weighted by Gasteiger charge is 2.20. The average molecular weight is 380 g/mol. The number of halogens is 2. The van der Waals surface area contributed by atoms with Crippen molar-refractivity contribution in [1.82, 2.24) is 4.98 Å². The second kappa shape index (κ2) is 6.26. The van der Waals surface area contributed by atoms with Gasteiger partial charge in [-0.25, -0.2) is 4.98 Å². The Hall–Kier alpha value is -0.750. The maximum atomic E-state index is 10.1. The summed E-state index contributed by atoms with van der Waals surface area (Å²) in [7, 11) is 1.52. The van der Waals surface area contributed by atoms with Gasteiger partial charge in [-0.3, -0.25) is 4.99 Å². The lowest BCUT2D eigenvalue weighted by atomic mass is 10.1. The van der Waals surface area contributed by atoms with Gasteiger partial charge in [0.1, 0.15) is 22.5 Å². The topological polar surface area (TPSA) is 95.3 Å². The van der Waals surface area contributed by atoms with Crippen molar-refractivity contribution in [3.63, 3.8) is 0 Å². The maximum Gasteiger partial charge on any atom is 0.160 e. The van der Waals surface area contributed by atoms with Crippen LogP contribution in [0.3, 0.4) is 0 Å². The van der Waals surface area contributed by atoms with Gasteiger partial charge in [-0.1, -0.05) is 0 Å². The molecule has 5 nitrogen and oxygen atoms in total. The number of aromatic nitrogens is 1. The Labute approximate surface area is 119 Å². The van der Waals surface area contributed by atoms with Gasteiger partial charge >= 0.3 is 0 Å². The van der Waals surface area contributed by atoms with Crippen molar-refractivity contribution in [3.05, 3.63) is 25.2 Å². The molecule has 0 spiro atoms. The van der Waals surface area contributed by atoms with Crippen molar-refractivity contribution in [2.24, 2.45) is 10.7 Å². The van der Waals surface area contributed by atoms with Crippen LogP contribution in [0.15, 0.2) is 25.3 Å². The van der Waals surface area contributed by atoms with E-state index in [0.717, 1.165) is 0 Å². The maximum absolute atomic E-state index is 10.1. The third-order valence-corrected chi connectivity index (χ3v) is 4.23. The van der Waals surface area contributed by atoms with E-state index < -0.39 is 6.10 Å². The van der Waals surface area contributed by atoms with Gasteiger partial charge < -0.3 is 10.8 Å². The predicted molar refractivity (Wildman–Crippen MR) is 73.7 cm³/mol. The van der Waals surface area contributed by atoms with Crippen molar-refractivity contribution in [2.45, 2.75) is 6.10 Å². The Morgan fingerprint density at radius 2 is 2.35 bits per heavy atom. The van der Waals surface area contributed by atoms with Crippen molar-refractivity contribution < 1.29 is 5.11 Å². The fraction of sp³-hybridized carbons (Fsp3) is 0.222. The monoisotopic (exact) mass is 378 g/mol. The van der Waals surface area contributed by atoms with Crippen LogP contribution in [0, 0.1) is 11.3 Å². The number of nitrogens with two attached hydrogens (primary N) is 1. The Morgan fingerprint density at radius 1 is 1.71 bits per heavy atom. The van der Waals surface area contributed by atoms with E-state index in [2.05, 4.69) is 41.8 Å². The van der Waals surface area contributed by atoms with Crippen LogP contribution < -0.4 is 5.73 Å². The second-order valence-electron chi connectivity index (χ2n) is 2.88. The van der Waals surface area contributed by atoms with E-state index in [0.29, 0.717) is 19.1 Å². The number of allylic oxidation sites excluding steroid dienone is 1. The van der Waals surface area contributed by atoms with Crippen LogP contribution in [0.2, 0.25) is 0 Å². The van der Waals surface area contributed by atoms with Gasteiger partial charge in [0.25, 0.3) is 0 Å². The van der Waals surface area contributed by atoms with E-state index in [1.807, 2.05) is 0 Å². The number of hydrogen-bond donors (Lipinski definition) is 2. The van der Waals surface area contributed by atoms with Crippen molar-refractivity contribution in [2.75, 3.05) is 7.05 Å². The smallest absolute Gasteiger partial charge is 0.160 e. The number of nitriles is 1. The minimum Gasteiger partial charge on any atom is -0.390 e. The van der Waals surface area contributed by atoms with E-state index in [1.54, 1.807) is 6.07 Å². The van der Waals surface area contributed by atoms with Crippen molar-refractivity contribution in [1.29, 1.82) is 5.26 Å². The fourth-order valence-electron chi connectivity index (χ4n) is 1.05. The zero-order valence-corrected chi connectivity index (χ0v) is 12.7. The lowest BCUT2D eigenvalue weighted by molar-refractivity contribution is 0.251. The largest absolute Gasteiger partial charge is 0.390 e. The highest BCUT2D eigenvalue weighted by Crippen LogP contribution is 2.33. The summed E-state index contributed by atoms with van der Waals surface area (Å²) in [6, 6.07) is 1.77. The first-order chi connectivity index (χ1) is 7.99. The minimum atomic E-state index is -0.968. The standard InChI is InChI=1S/C9H8Br2N4OS/c1-14-5(2-4(13)3-12)6(16)7-8(10)15-9(11)17-7/h2,6,16H,13H2,1H3/b4-2-,14-5?. The van der Waals surface area contributed by atoms with Gasteiger partial charge in [-0.15, -0.1) is 11.3 Å². The number of aliphatic hydroxyl groups is 1. The molecular formula is C9H8Br2N4OS. The normalized spacial score (nSPS) is 14.5. The van der Waals surface area contributed by atoms with Crippen molar-refractivity contribution in [3.8, 4) is 6.07 Å². The predicted octanol–water partition coefficient (Wildman–Crippen LogP) is 2.14. The number of aliphatic imine (C=N–C) groups is 1. The zero-order valence-electron chi connectivity index (χ0n) is 8.69. The van der Waals surface area contributed by atoms with Gasteiger partial charge in [0, 0.05) is 7.05 Å². The number of hydrogen-bond acceptors (Lipinski definition) is 6. The Morgan fingerprint density at radius 3 is 2.76 bits per heavy atom. The van der Waals surface area contributed by atoms with E-state index in [9.17, 15) is 5.11 Å². The summed E-state index contributed by atoms with van der Waals surface area (Å²) in [5.41, 5.74) is 5.68. The summed E-state index contributed by atoms with van der Waals surface area (Å²) in [6.07, 6.45) is 0.371. The van der Waals surface area contributed by atoms with E-state index in [-0.39, 0.29) is 5.70 Å². The summed E-state index contributed by atoms with van der Waals surface area (Å²) in [5, 5.41) is 18.7. The van der Waals surface area contributed by atoms with E-state index in [1.165, 1.54) is 24.5 Å². The summed E-state index contributed by atoms with van der Waals surface area (Å²) in [6.45, 7) is 0. The second-order valence-corrected chi connectivity index (χ2v) is 5.94. The van der Waals surface area contributed by atoms with Gasteiger partial charge in [0.15, 0.2) is 3.92 Å². The first-order valence-electron chi connectivity index (χ1n) is 4.33. The zero-order chi connectivity index (χ0) is 13.0. The van der Waals surface area contributed by atoms with Gasteiger partial charge in [-0.05, 0) is 37.9 Å². The molecule has 1 heterocycles. The number of aliphatic hydroxyl groups excluding tert-OH is 1. The van der Waals surface area contributed by atoms with Crippen molar-refractivity contribution >= 4 is 48.9 Å². The highest BCUT2D eigenvalue weighted by molar-refractivity contribution is 9.11. The lowest BCUT2D eigenvalue weighted by Gasteiger charge is -2.08. The number of nitrogens with zero attached hydrogens (tertiary/aromatic N) is 3. The SMILES string of the molecule is CN=C(/C=C(\N)C#N)C(O)c1sc(Br)nc1Br. The molecule has 8 heteroatoms. The van der Waals surface area contributed by atoms with Crippen LogP contribution in [-0.4, -0.2) is 22.8 Å². The van der Waals surface area contributed by atoms with Crippen LogP contribution >= 0.6 is 43.2 Å². The Kier molecular flexibility index (Phi) is 5.27. The van der Waals surface area contributed by atoms with Gasteiger partial charge in [0.05, 0.1) is 10.6 Å². The van der Waals surface area contributed by atoms with Gasteiger partial charge in [-0.2, -0.15) is 5.26 Å². The molecule has 90 valence electrons. The molecule has 0 aromatic carbocycles. The minimum absolute atomic E-state index is 0.00986. The van der Waals surface area contributed by atoms with E-state index >= 15 is 0 Å². The molecule has 1 unspecified atom stereocenters. The number of thiazole rings is 1. The molecule has 1 rings (SSSR count). The van der Waals surface area contributed by atoms with Crippen LogP contribution in [0.25, 0.3) is 0 Å². The molecular weight excluding hydrogens is 372 g/mol. The van der Waals surface area contributed by atoms with Crippen LogP contribution in [-0.2, 0) is 0 Å². The number of rotatable bonds is 3. The molecule has 0 aliphatic heterocycles. The summed E-state index contributed by atoms with van der Waals surface area (Å²) < 4.78 is 1.18. The molecule has 0 aliphatic carbocycles. The fourth-order valence-corrected chi connectivity index (χ4v) is 3.42. The van der Waals surface area contributed by atoms with Crippen LogP contribution in [0.5, 0.6) is 0 Å². The molecule has 0 amide bonds. The molecule has 0 fully saturated rings. The highest BCUT2D eigenvalue weighted by atomic mass is 79.9. The molecule has 0 aliphatic rings. The Balaban J connectivity index is 3.08. The van der Waals surface area contributed by atoms with E-state index in [4.69, 9.17) is 11.0 Å². The molecule has 3 N–H and O–H groups in total. The molecule has 0 radical (unpaired) electrons. The third-order valence-electron chi connectivity index (χ3n) is 1.80. The first-order valence-corrected chi connectivity index (χ1v) is 6.73. The molecule has 17 heavy (non-hydrogen) atoms. The Bertz CT molecular complexity index is 518. The molecule has 1 atom stereocenters. The van der Waals surface area contributed by atoms with Gasteiger partial charge in [0.2, 0.25) is 0 Å². The lowest BCUT2D eigenvalue weighted by Crippen LogP contribution is -2.11. The first kappa shape index (κ1) is 14.3. The molecule has 1 aromatic heterocycles. The van der Waals surface area contributed by atoms with Crippen LogP contribution in [0.1, 0.15) is 11.0 Å². The molecule has 1 aromatic rings. The third kappa shape index (κ3) is 3.61. The van der Waals surface area contributed by atoms with Crippen LogP contribution in [0.4, 0.5) is 0 Å². The summed E-state index contributed by atoms with van der Waals surface area (Å²) in [5.74, 6) is 0. The molecule has 0 bridgehead atoms. The molecule has 0 saturated carbocycles.